The maximum atomic E-state index is 2.42. The summed E-state index contributed by atoms with van der Waals surface area (Å²) in [4.78, 5) is 0. The summed E-state index contributed by atoms with van der Waals surface area (Å²) in [5, 5.41) is 0. The summed E-state index contributed by atoms with van der Waals surface area (Å²) in [5.74, 6) is 2.29. The Morgan fingerprint density at radius 1 is 0.741 bits per heavy atom. The largest absolute Gasteiger partial charge is 0.0776 e. The van der Waals surface area contributed by atoms with Crippen LogP contribution < -0.4 is 0 Å². The molecular weight excluding hydrogens is 324 g/mol. The van der Waals surface area contributed by atoms with Gasteiger partial charge < -0.3 is 0 Å². The summed E-state index contributed by atoms with van der Waals surface area (Å²) >= 11 is 0. The van der Waals surface area contributed by atoms with Gasteiger partial charge in [-0.25, -0.2) is 0 Å². The lowest BCUT2D eigenvalue weighted by Crippen LogP contribution is -2.03. The molecule has 0 aromatic heterocycles. The van der Waals surface area contributed by atoms with E-state index in [1.54, 1.807) is 22.3 Å². The van der Waals surface area contributed by atoms with Crippen LogP contribution in [0.15, 0.2) is 42.5 Å². The highest BCUT2D eigenvalue weighted by Gasteiger charge is 2.23. The minimum atomic E-state index is 0. The normalized spacial score (nSPS) is 17.2. The first-order valence-electron chi connectivity index (χ1n) is 10.3. The lowest BCUT2D eigenvalue weighted by atomic mass is 9.88. The van der Waals surface area contributed by atoms with Crippen LogP contribution in [0.5, 0.6) is 0 Å². The van der Waals surface area contributed by atoms with Crippen molar-refractivity contribution >= 4 is 0 Å². The van der Waals surface area contributed by atoms with E-state index in [-0.39, 0.29) is 14.9 Å². The summed E-state index contributed by atoms with van der Waals surface area (Å²) < 4.78 is 0. The standard InChI is InChI=1S/C13H18.C12H16.2CH4/c1-10(2)12-8-7-11-5-3-4-6-13(11)9-12;1-9(2)11-8-7-10-5-3-4-6-12(10)11;;/h7-10H,3-6H2,1-2H3;3-6,9,11H,7-8H2,1-2H3;2*1H4. The second-order valence-electron chi connectivity index (χ2n) is 8.48. The van der Waals surface area contributed by atoms with Gasteiger partial charge in [-0.1, -0.05) is 85.0 Å². The maximum absolute atomic E-state index is 2.42. The van der Waals surface area contributed by atoms with Crippen molar-refractivity contribution in [3.8, 4) is 0 Å². The van der Waals surface area contributed by atoms with Crippen molar-refractivity contribution in [2.75, 3.05) is 0 Å². The van der Waals surface area contributed by atoms with E-state index in [0.717, 1.165) is 11.8 Å². The molecule has 27 heavy (non-hydrogen) atoms. The van der Waals surface area contributed by atoms with Gasteiger partial charge in [-0.3, -0.25) is 0 Å². The maximum Gasteiger partial charge on any atom is -0.0133 e. The van der Waals surface area contributed by atoms with Crippen molar-refractivity contribution in [3.63, 3.8) is 0 Å². The molecule has 2 aliphatic rings. The summed E-state index contributed by atoms with van der Waals surface area (Å²) in [6.07, 6.45) is 8.02. The van der Waals surface area contributed by atoms with E-state index in [9.17, 15) is 0 Å². The summed E-state index contributed by atoms with van der Waals surface area (Å²) in [6.45, 7) is 9.19. The highest BCUT2D eigenvalue weighted by atomic mass is 14.3. The van der Waals surface area contributed by atoms with Crippen molar-refractivity contribution in [3.05, 3.63) is 70.3 Å². The van der Waals surface area contributed by atoms with Crippen molar-refractivity contribution in [1.82, 2.24) is 0 Å². The number of aryl methyl sites for hydroxylation is 3. The van der Waals surface area contributed by atoms with E-state index in [0.29, 0.717) is 5.92 Å². The molecule has 2 aliphatic carbocycles. The van der Waals surface area contributed by atoms with Gasteiger partial charge in [0, 0.05) is 0 Å². The average molecular weight is 367 g/mol. The zero-order chi connectivity index (χ0) is 17.8. The quantitative estimate of drug-likeness (QED) is 0.501. The molecule has 4 rings (SSSR count). The molecule has 0 spiro atoms. The van der Waals surface area contributed by atoms with E-state index in [1.807, 2.05) is 0 Å². The minimum Gasteiger partial charge on any atom is -0.0776 e. The summed E-state index contributed by atoms with van der Waals surface area (Å²) in [5.41, 5.74) is 7.89. The Labute approximate surface area is 169 Å². The monoisotopic (exact) mass is 366 g/mol. The zero-order valence-corrected chi connectivity index (χ0v) is 16.5. The Hall–Kier alpha value is -1.56. The molecule has 0 nitrogen and oxygen atoms in total. The third kappa shape index (κ3) is 5.71. The van der Waals surface area contributed by atoms with E-state index in [4.69, 9.17) is 0 Å². The van der Waals surface area contributed by atoms with Crippen LogP contribution >= 0.6 is 0 Å². The van der Waals surface area contributed by atoms with E-state index in [1.165, 1.54) is 44.1 Å². The Balaban J connectivity index is 0.000000252. The molecular formula is C27H42. The highest BCUT2D eigenvalue weighted by Crippen LogP contribution is 2.37. The van der Waals surface area contributed by atoms with E-state index < -0.39 is 0 Å². The number of fused-ring (bicyclic) bond motifs is 2. The molecule has 0 heteroatoms. The van der Waals surface area contributed by atoms with Gasteiger partial charge in [0.25, 0.3) is 0 Å². The second kappa shape index (κ2) is 10.7. The number of rotatable bonds is 2. The lowest BCUT2D eigenvalue weighted by molar-refractivity contribution is 0.496. The van der Waals surface area contributed by atoms with E-state index in [2.05, 4.69) is 70.2 Å². The molecule has 0 aliphatic heterocycles. The van der Waals surface area contributed by atoms with Gasteiger partial charge in [0.2, 0.25) is 0 Å². The van der Waals surface area contributed by atoms with Crippen LogP contribution in [0.2, 0.25) is 0 Å². The Bertz CT molecular complexity index is 693. The van der Waals surface area contributed by atoms with Crippen LogP contribution in [-0.4, -0.2) is 0 Å². The summed E-state index contributed by atoms with van der Waals surface area (Å²) in [7, 11) is 0. The lowest BCUT2D eigenvalue weighted by Gasteiger charge is -2.17. The molecule has 0 heterocycles. The predicted octanol–water partition coefficient (Wildman–Crippen LogP) is 8.33. The van der Waals surface area contributed by atoms with Crippen molar-refractivity contribution in [2.24, 2.45) is 5.92 Å². The van der Waals surface area contributed by atoms with Crippen LogP contribution in [0.3, 0.4) is 0 Å². The van der Waals surface area contributed by atoms with Gasteiger partial charge in [0.05, 0.1) is 0 Å². The van der Waals surface area contributed by atoms with Gasteiger partial charge in [-0.05, 0) is 84.1 Å². The fourth-order valence-corrected chi connectivity index (χ4v) is 4.40. The van der Waals surface area contributed by atoms with Gasteiger partial charge in [0.15, 0.2) is 0 Å². The molecule has 1 unspecified atom stereocenters. The zero-order valence-electron chi connectivity index (χ0n) is 16.5. The average Bonchev–Trinajstić information content (AvgIpc) is 3.06. The smallest absolute Gasteiger partial charge is 0.0133 e. The van der Waals surface area contributed by atoms with Crippen LogP contribution in [0.25, 0.3) is 0 Å². The fourth-order valence-electron chi connectivity index (χ4n) is 4.40. The highest BCUT2D eigenvalue weighted by molar-refractivity contribution is 5.35. The second-order valence-corrected chi connectivity index (χ2v) is 8.48. The topological polar surface area (TPSA) is 0 Å². The van der Waals surface area contributed by atoms with Crippen LogP contribution in [0, 0.1) is 5.92 Å². The van der Waals surface area contributed by atoms with Gasteiger partial charge in [-0.2, -0.15) is 0 Å². The van der Waals surface area contributed by atoms with E-state index >= 15 is 0 Å². The molecule has 0 fully saturated rings. The van der Waals surface area contributed by atoms with Crippen LogP contribution in [-0.2, 0) is 19.3 Å². The third-order valence-corrected chi connectivity index (χ3v) is 6.02. The predicted molar refractivity (Wildman–Crippen MR) is 123 cm³/mol. The number of hydrogen-bond acceptors (Lipinski definition) is 0. The molecule has 2 aromatic carbocycles. The minimum absolute atomic E-state index is 0. The molecule has 0 bridgehead atoms. The fraction of sp³-hybridized carbons (Fsp3) is 0.556. The molecule has 0 N–H and O–H groups in total. The molecule has 0 amide bonds. The van der Waals surface area contributed by atoms with Gasteiger partial charge in [0.1, 0.15) is 0 Å². The Morgan fingerprint density at radius 2 is 1.41 bits per heavy atom. The molecule has 1 atom stereocenters. The van der Waals surface area contributed by atoms with Crippen molar-refractivity contribution in [2.45, 2.75) is 92.9 Å². The molecule has 0 saturated heterocycles. The first-order valence-corrected chi connectivity index (χ1v) is 10.3. The molecule has 150 valence electrons. The molecule has 0 radical (unpaired) electrons. The molecule has 0 saturated carbocycles. The SMILES string of the molecule is C.C.CC(C)C1CCc2ccccc21.CC(C)c1ccc2c(c1)CCCC2. The van der Waals surface area contributed by atoms with Gasteiger partial charge in [-0.15, -0.1) is 0 Å². The first kappa shape index (κ1) is 23.5. The molecule has 2 aromatic rings. The number of hydrogen-bond donors (Lipinski definition) is 0. The van der Waals surface area contributed by atoms with Crippen molar-refractivity contribution in [1.29, 1.82) is 0 Å². The summed E-state index contributed by atoms with van der Waals surface area (Å²) in [6, 6.07) is 15.9. The first-order chi connectivity index (χ1) is 12.1. The Morgan fingerprint density at radius 3 is 2.07 bits per heavy atom. The van der Waals surface area contributed by atoms with Gasteiger partial charge >= 0.3 is 0 Å². The Kier molecular flexibility index (Phi) is 9.30. The van der Waals surface area contributed by atoms with Crippen LogP contribution in [0.4, 0.5) is 0 Å². The van der Waals surface area contributed by atoms with Crippen LogP contribution in [0.1, 0.15) is 101 Å². The van der Waals surface area contributed by atoms with Crippen molar-refractivity contribution < 1.29 is 0 Å². The number of benzene rings is 2. The third-order valence-electron chi connectivity index (χ3n) is 6.02.